The summed E-state index contributed by atoms with van der Waals surface area (Å²) in [4.78, 5) is 0. The van der Waals surface area contributed by atoms with Crippen LogP contribution in [-0.4, -0.2) is 15.3 Å². The Labute approximate surface area is 99.3 Å². The predicted octanol–water partition coefficient (Wildman–Crippen LogP) is 3.08. The van der Waals surface area contributed by atoms with Crippen LogP contribution in [0, 0.1) is 0 Å². The molecule has 3 N–H and O–H groups in total. The second-order valence-electron chi connectivity index (χ2n) is 3.87. The molecule has 0 spiro atoms. The van der Waals surface area contributed by atoms with E-state index in [2.05, 4.69) is 0 Å². The first-order chi connectivity index (χ1) is 8.15. The molecule has 88 valence electrons. The summed E-state index contributed by atoms with van der Waals surface area (Å²) in [5, 5.41) is 30.2. The zero-order chi connectivity index (χ0) is 12.4. The first-order valence-electron chi connectivity index (χ1n) is 5.41. The van der Waals surface area contributed by atoms with Crippen molar-refractivity contribution in [1.82, 2.24) is 0 Å². The normalized spacial score (nSPS) is 11.4. The van der Waals surface area contributed by atoms with Crippen LogP contribution in [0.2, 0.25) is 0 Å². The van der Waals surface area contributed by atoms with Gasteiger partial charge in [-0.3, -0.25) is 0 Å². The van der Waals surface area contributed by atoms with Gasteiger partial charge in [-0.1, -0.05) is 18.2 Å². The van der Waals surface area contributed by atoms with Gasteiger partial charge in [0.05, 0.1) is 5.39 Å². The third kappa shape index (κ3) is 1.91. The molecule has 0 aliphatic heterocycles. The fraction of sp³-hybridized carbons (Fsp3) is 0.143. The van der Waals surface area contributed by atoms with Crippen LogP contribution >= 0.6 is 0 Å². The summed E-state index contributed by atoms with van der Waals surface area (Å²) in [6, 6.07) is 6.22. The Morgan fingerprint density at radius 3 is 2.41 bits per heavy atom. The van der Waals surface area contributed by atoms with Crippen molar-refractivity contribution < 1.29 is 15.3 Å². The smallest absolute Gasteiger partial charge is 0.130 e. The van der Waals surface area contributed by atoms with Crippen molar-refractivity contribution in [2.24, 2.45) is 0 Å². The Kier molecular flexibility index (Phi) is 2.91. The summed E-state index contributed by atoms with van der Waals surface area (Å²) < 4.78 is 0. The fourth-order valence-electron chi connectivity index (χ4n) is 1.85. The molecule has 0 saturated heterocycles. The molecule has 0 atom stereocenters. The Balaban J connectivity index is 2.70. The Bertz CT molecular complexity index is 586. The van der Waals surface area contributed by atoms with Crippen LogP contribution in [0.3, 0.4) is 0 Å². The fourth-order valence-corrected chi connectivity index (χ4v) is 1.85. The van der Waals surface area contributed by atoms with Crippen LogP contribution in [0.25, 0.3) is 10.8 Å². The van der Waals surface area contributed by atoms with Crippen molar-refractivity contribution in [3.63, 3.8) is 0 Å². The summed E-state index contributed by atoms with van der Waals surface area (Å²) in [6.45, 7) is 1.90. The highest BCUT2D eigenvalue weighted by atomic mass is 16.3. The van der Waals surface area contributed by atoms with Crippen LogP contribution in [0.4, 0.5) is 0 Å². The zero-order valence-electron chi connectivity index (χ0n) is 9.51. The lowest BCUT2D eigenvalue weighted by atomic mass is 10.0. The van der Waals surface area contributed by atoms with Gasteiger partial charge < -0.3 is 15.3 Å². The molecule has 0 amide bonds. The lowest BCUT2D eigenvalue weighted by Gasteiger charge is -2.09. The molecular weight excluding hydrogens is 216 g/mol. The van der Waals surface area contributed by atoms with Crippen LogP contribution in [-0.2, 0) is 6.42 Å². The maximum Gasteiger partial charge on any atom is 0.130 e. The first-order valence-corrected chi connectivity index (χ1v) is 5.41. The number of allylic oxidation sites excluding steroid dienone is 2. The number of rotatable bonds is 2. The van der Waals surface area contributed by atoms with E-state index in [9.17, 15) is 15.3 Å². The molecule has 0 fully saturated rings. The van der Waals surface area contributed by atoms with Gasteiger partial charge >= 0.3 is 0 Å². The summed E-state index contributed by atoms with van der Waals surface area (Å²) >= 11 is 0. The van der Waals surface area contributed by atoms with Crippen molar-refractivity contribution in [2.75, 3.05) is 0 Å². The van der Waals surface area contributed by atoms with Crippen molar-refractivity contribution in [3.05, 3.63) is 42.0 Å². The lowest BCUT2D eigenvalue weighted by molar-refractivity contribution is 0.455. The quantitative estimate of drug-likeness (QED) is 0.549. The minimum atomic E-state index is -0.0300. The minimum absolute atomic E-state index is 0.0222. The van der Waals surface area contributed by atoms with E-state index in [-0.39, 0.29) is 17.2 Å². The number of hydrogen-bond acceptors (Lipinski definition) is 3. The average molecular weight is 230 g/mol. The van der Waals surface area contributed by atoms with Gasteiger partial charge in [-0.15, -0.1) is 0 Å². The standard InChI is InChI=1S/C14H14O3/c1-2-3-4-9-5-6-10-11(15)7-8-12(16)13(10)14(9)17/h2-3,5-8,15-17H,4H2,1H3/b3-2+. The van der Waals surface area contributed by atoms with Crippen molar-refractivity contribution >= 4 is 10.8 Å². The van der Waals surface area contributed by atoms with Gasteiger partial charge in [0.1, 0.15) is 17.2 Å². The molecule has 2 aromatic rings. The van der Waals surface area contributed by atoms with E-state index in [0.29, 0.717) is 17.2 Å². The molecule has 0 aliphatic carbocycles. The molecule has 0 saturated carbocycles. The summed E-state index contributed by atoms with van der Waals surface area (Å²) in [6.07, 6.45) is 4.40. The zero-order valence-corrected chi connectivity index (χ0v) is 9.51. The van der Waals surface area contributed by atoms with E-state index in [1.54, 1.807) is 12.1 Å². The van der Waals surface area contributed by atoms with Crippen molar-refractivity contribution in [2.45, 2.75) is 13.3 Å². The molecule has 0 radical (unpaired) electrons. The molecule has 0 aromatic heterocycles. The molecule has 17 heavy (non-hydrogen) atoms. The van der Waals surface area contributed by atoms with Gasteiger partial charge in [-0.2, -0.15) is 0 Å². The van der Waals surface area contributed by atoms with Crippen LogP contribution in [0.1, 0.15) is 12.5 Å². The predicted molar refractivity (Wildman–Crippen MR) is 67.5 cm³/mol. The molecule has 2 aromatic carbocycles. The van der Waals surface area contributed by atoms with Gasteiger partial charge in [0.2, 0.25) is 0 Å². The highest BCUT2D eigenvalue weighted by molar-refractivity contribution is 5.98. The van der Waals surface area contributed by atoms with Gasteiger partial charge in [0, 0.05) is 5.39 Å². The van der Waals surface area contributed by atoms with E-state index in [0.717, 1.165) is 5.56 Å². The summed E-state index contributed by atoms with van der Waals surface area (Å²) in [5.41, 5.74) is 0.719. The molecule has 3 heteroatoms. The Hall–Kier alpha value is -2.16. The second-order valence-corrected chi connectivity index (χ2v) is 3.87. The van der Waals surface area contributed by atoms with Gasteiger partial charge in [0.25, 0.3) is 0 Å². The molecule has 0 bridgehead atoms. The van der Waals surface area contributed by atoms with E-state index in [4.69, 9.17) is 0 Å². The average Bonchev–Trinajstić information content (AvgIpc) is 2.32. The van der Waals surface area contributed by atoms with Crippen molar-refractivity contribution in [1.29, 1.82) is 0 Å². The third-order valence-electron chi connectivity index (χ3n) is 2.77. The molecule has 3 nitrogen and oxygen atoms in total. The number of aromatic hydroxyl groups is 3. The topological polar surface area (TPSA) is 60.7 Å². The molecule has 0 aliphatic rings. The highest BCUT2D eigenvalue weighted by Crippen LogP contribution is 2.39. The largest absolute Gasteiger partial charge is 0.507 e. The number of hydrogen-bond donors (Lipinski definition) is 3. The maximum atomic E-state index is 10.1. The molecular formula is C14H14O3. The van der Waals surface area contributed by atoms with E-state index < -0.39 is 0 Å². The van der Waals surface area contributed by atoms with Crippen LogP contribution < -0.4 is 0 Å². The monoisotopic (exact) mass is 230 g/mol. The van der Waals surface area contributed by atoms with Crippen LogP contribution in [0.5, 0.6) is 17.2 Å². The Morgan fingerprint density at radius 2 is 1.71 bits per heavy atom. The first kappa shape index (κ1) is 11.3. The second kappa shape index (κ2) is 4.37. The highest BCUT2D eigenvalue weighted by Gasteiger charge is 2.11. The SMILES string of the molecule is C/C=C/Cc1ccc2c(O)ccc(O)c2c1O. The molecule has 0 unspecified atom stereocenters. The number of fused-ring (bicyclic) bond motifs is 1. The van der Waals surface area contributed by atoms with E-state index >= 15 is 0 Å². The Morgan fingerprint density at radius 1 is 1.00 bits per heavy atom. The van der Waals surface area contributed by atoms with Gasteiger partial charge in [-0.05, 0) is 37.1 Å². The maximum absolute atomic E-state index is 10.1. The number of benzene rings is 2. The molecule has 0 heterocycles. The molecule has 2 rings (SSSR count). The van der Waals surface area contributed by atoms with E-state index in [1.807, 2.05) is 19.1 Å². The van der Waals surface area contributed by atoms with Gasteiger partial charge in [-0.25, -0.2) is 0 Å². The number of phenolic OH excluding ortho intramolecular Hbond substituents is 3. The third-order valence-corrected chi connectivity index (χ3v) is 2.77. The summed E-state index contributed by atoms with van der Waals surface area (Å²) in [5.74, 6) is 0.0392. The minimum Gasteiger partial charge on any atom is -0.507 e. The van der Waals surface area contributed by atoms with E-state index in [1.165, 1.54) is 12.1 Å². The summed E-state index contributed by atoms with van der Waals surface area (Å²) in [7, 11) is 0. The van der Waals surface area contributed by atoms with Crippen LogP contribution in [0.15, 0.2) is 36.4 Å². The lowest BCUT2D eigenvalue weighted by Crippen LogP contribution is -1.85. The number of phenols is 3. The van der Waals surface area contributed by atoms with Gasteiger partial charge in [0.15, 0.2) is 0 Å². The van der Waals surface area contributed by atoms with Crippen molar-refractivity contribution in [3.8, 4) is 17.2 Å².